The Labute approximate surface area is 184 Å². The van der Waals surface area contributed by atoms with Crippen molar-refractivity contribution in [1.82, 2.24) is 24.6 Å². The van der Waals surface area contributed by atoms with E-state index in [0.717, 1.165) is 54.3 Å². The summed E-state index contributed by atoms with van der Waals surface area (Å²) >= 11 is 0. The lowest BCUT2D eigenvalue weighted by Gasteiger charge is -2.30. The van der Waals surface area contributed by atoms with Crippen LogP contribution in [0.1, 0.15) is 5.56 Å². The van der Waals surface area contributed by atoms with Crippen molar-refractivity contribution in [3.8, 4) is 28.3 Å². The Morgan fingerprint density at radius 3 is 2.59 bits per heavy atom. The van der Waals surface area contributed by atoms with Crippen LogP contribution < -0.4 is 10.2 Å². The standard InChI is InChI=1S/C24H20FN7/c1-26-19-4-2-16(3-5-19)17-10-23-24-29-28-15-32(24)21-12-20(25)22(30-8-6-27-7-9-30)11-18(21)14-31(23)13-17/h2-5,10-13,15,27H,6-9,14H2. The highest BCUT2D eigenvalue weighted by Crippen LogP contribution is 2.36. The minimum atomic E-state index is -0.225. The Balaban J connectivity index is 1.46. The van der Waals surface area contributed by atoms with Crippen molar-refractivity contribution in [1.29, 1.82) is 0 Å². The summed E-state index contributed by atoms with van der Waals surface area (Å²) in [4.78, 5) is 5.57. The van der Waals surface area contributed by atoms with Gasteiger partial charge in [0.25, 0.3) is 0 Å². The molecule has 1 N–H and O–H groups in total. The van der Waals surface area contributed by atoms with E-state index in [4.69, 9.17) is 6.57 Å². The lowest BCUT2D eigenvalue weighted by atomic mass is 10.1. The lowest BCUT2D eigenvalue weighted by Crippen LogP contribution is -2.44. The molecule has 0 aliphatic carbocycles. The summed E-state index contributed by atoms with van der Waals surface area (Å²) in [6, 6.07) is 13.2. The highest BCUT2D eigenvalue weighted by molar-refractivity contribution is 5.73. The maximum Gasteiger partial charge on any atom is 0.187 e. The molecule has 2 aromatic carbocycles. The van der Waals surface area contributed by atoms with Gasteiger partial charge in [-0.25, -0.2) is 9.24 Å². The molecule has 6 rings (SSSR count). The van der Waals surface area contributed by atoms with E-state index in [1.165, 1.54) is 0 Å². The first-order valence-corrected chi connectivity index (χ1v) is 10.6. The van der Waals surface area contributed by atoms with Crippen LogP contribution in [0.3, 0.4) is 0 Å². The van der Waals surface area contributed by atoms with Gasteiger partial charge >= 0.3 is 0 Å². The Hall–Kier alpha value is -3.96. The van der Waals surface area contributed by atoms with E-state index in [1.54, 1.807) is 12.4 Å². The summed E-state index contributed by atoms with van der Waals surface area (Å²) in [5, 5.41) is 11.8. The second-order valence-corrected chi connectivity index (χ2v) is 8.09. The molecule has 2 aromatic heterocycles. The molecular formula is C24H20FN7. The van der Waals surface area contributed by atoms with Gasteiger partial charge in [-0.3, -0.25) is 4.57 Å². The minimum absolute atomic E-state index is 0.225. The molecule has 0 spiro atoms. The average molecular weight is 425 g/mol. The van der Waals surface area contributed by atoms with E-state index < -0.39 is 0 Å². The third-order valence-corrected chi connectivity index (χ3v) is 6.21. The van der Waals surface area contributed by atoms with Crippen molar-refractivity contribution in [3.05, 3.63) is 77.8 Å². The van der Waals surface area contributed by atoms with Crippen molar-refractivity contribution in [3.63, 3.8) is 0 Å². The molecule has 158 valence electrons. The zero-order valence-electron chi connectivity index (χ0n) is 17.3. The number of piperazine rings is 1. The molecule has 32 heavy (non-hydrogen) atoms. The van der Waals surface area contributed by atoms with Crippen LogP contribution in [0.4, 0.5) is 15.8 Å². The van der Waals surface area contributed by atoms with Gasteiger partial charge in [-0.05, 0) is 23.3 Å². The summed E-state index contributed by atoms with van der Waals surface area (Å²) in [5.74, 6) is 0.458. The monoisotopic (exact) mass is 425 g/mol. The molecule has 0 unspecified atom stereocenters. The SMILES string of the molecule is [C-]#[N+]c1ccc(-c2cc3n(c2)Cc2cc(N4CCNCC4)c(F)cc2-n2cnnc2-3)cc1. The molecule has 1 fully saturated rings. The first kappa shape index (κ1) is 18.8. The summed E-state index contributed by atoms with van der Waals surface area (Å²) in [6.07, 6.45) is 3.73. The Kier molecular flexibility index (Phi) is 4.30. The fourth-order valence-electron chi connectivity index (χ4n) is 4.58. The lowest BCUT2D eigenvalue weighted by molar-refractivity contribution is 0.565. The van der Waals surface area contributed by atoms with Crippen molar-refractivity contribution in [2.75, 3.05) is 31.1 Å². The molecule has 7 nitrogen and oxygen atoms in total. The van der Waals surface area contributed by atoms with Crippen LogP contribution in [0.5, 0.6) is 0 Å². The fourth-order valence-corrected chi connectivity index (χ4v) is 4.58. The van der Waals surface area contributed by atoms with Crippen LogP contribution in [0, 0.1) is 12.4 Å². The molecule has 2 aliphatic heterocycles. The van der Waals surface area contributed by atoms with Crippen LogP contribution in [0.25, 0.3) is 33.2 Å². The molecule has 0 amide bonds. The van der Waals surface area contributed by atoms with Gasteiger partial charge in [0.2, 0.25) is 0 Å². The van der Waals surface area contributed by atoms with Crippen molar-refractivity contribution in [2.24, 2.45) is 0 Å². The summed E-state index contributed by atoms with van der Waals surface area (Å²) in [7, 11) is 0. The number of halogens is 1. The Morgan fingerprint density at radius 1 is 1.00 bits per heavy atom. The summed E-state index contributed by atoms with van der Waals surface area (Å²) in [5.41, 5.74) is 6.05. The number of rotatable bonds is 2. The zero-order chi connectivity index (χ0) is 21.7. The first-order chi connectivity index (χ1) is 15.7. The predicted molar refractivity (Wildman–Crippen MR) is 121 cm³/mol. The number of hydrogen-bond acceptors (Lipinski definition) is 4. The first-order valence-electron chi connectivity index (χ1n) is 10.6. The van der Waals surface area contributed by atoms with Crippen LogP contribution in [0.15, 0.2) is 55.0 Å². The van der Waals surface area contributed by atoms with Crippen molar-refractivity contribution in [2.45, 2.75) is 6.54 Å². The predicted octanol–water partition coefficient (Wildman–Crippen LogP) is 3.86. The van der Waals surface area contributed by atoms with E-state index in [-0.39, 0.29) is 5.82 Å². The van der Waals surface area contributed by atoms with Crippen molar-refractivity contribution < 1.29 is 4.39 Å². The average Bonchev–Trinajstić information content (AvgIpc) is 3.45. The van der Waals surface area contributed by atoms with E-state index >= 15 is 4.39 Å². The molecule has 8 heteroatoms. The molecule has 4 aromatic rings. The zero-order valence-corrected chi connectivity index (χ0v) is 17.3. The van der Waals surface area contributed by atoms with Gasteiger partial charge in [0, 0.05) is 50.6 Å². The Bertz CT molecular complexity index is 1350. The molecule has 0 bridgehead atoms. The highest BCUT2D eigenvalue weighted by atomic mass is 19.1. The molecule has 0 radical (unpaired) electrons. The van der Waals surface area contributed by atoms with Gasteiger partial charge in [-0.15, -0.1) is 10.2 Å². The normalized spacial score (nSPS) is 14.8. The fraction of sp³-hybridized carbons (Fsp3) is 0.208. The van der Waals surface area contributed by atoms with Crippen LogP contribution in [0.2, 0.25) is 0 Å². The number of aromatic nitrogens is 4. The third-order valence-electron chi connectivity index (χ3n) is 6.21. The molecule has 1 saturated heterocycles. The van der Waals surface area contributed by atoms with Gasteiger partial charge < -0.3 is 14.8 Å². The van der Waals surface area contributed by atoms with Crippen LogP contribution >= 0.6 is 0 Å². The second-order valence-electron chi connectivity index (χ2n) is 8.09. The molecular weight excluding hydrogens is 405 g/mol. The summed E-state index contributed by atoms with van der Waals surface area (Å²) < 4.78 is 19.2. The number of nitrogens with one attached hydrogen (secondary N) is 1. The summed E-state index contributed by atoms with van der Waals surface area (Å²) in [6.45, 7) is 11.0. The van der Waals surface area contributed by atoms with Gasteiger partial charge in [-0.2, -0.15) is 0 Å². The van der Waals surface area contributed by atoms with Crippen LogP contribution in [-0.2, 0) is 6.54 Å². The number of benzene rings is 2. The quantitative estimate of drug-likeness (QED) is 0.437. The number of fused-ring (bicyclic) bond motifs is 5. The highest BCUT2D eigenvalue weighted by Gasteiger charge is 2.25. The molecule has 4 heterocycles. The second kappa shape index (κ2) is 7.32. The smallest absolute Gasteiger partial charge is 0.187 e. The number of hydrogen-bond donors (Lipinski definition) is 1. The van der Waals surface area contributed by atoms with E-state index in [9.17, 15) is 0 Å². The molecule has 2 aliphatic rings. The van der Waals surface area contributed by atoms with Gasteiger partial charge in [0.05, 0.1) is 23.6 Å². The molecule has 0 saturated carbocycles. The van der Waals surface area contributed by atoms with E-state index in [2.05, 4.69) is 42.1 Å². The maximum atomic E-state index is 15.2. The van der Waals surface area contributed by atoms with Gasteiger partial charge in [0.15, 0.2) is 11.5 Å². The number of anilines is 1. The minimum Gasteiger partial charge on any atom is -0.367 e. The van der Waals surface area contributed by atoms with Crippen molar-refractivity contribution >= 4 is 11.4 Å². The van der Waals surface area contributed by atoms with Crippen LogP contribution in [-0.4, -0.2) is 45.5 Å². The van der Waals surface area contributed by atoms with E-state index in [1.807, 2.05) is 34.9 Å². The Morgan fingerprint density at radius 2 is 1.81 bits per heavy atom. The topological polar surface area (TPSA) is 55.3 Å². The van der Waals surface area contributed by atoms with E-state index in [0.29, 0.717) is 23.7 Å². The third kappa shape index (κ3) is 2.98. The number of nitrogens with zero attached hydrogens (tertiary/aromatic N) is 6. The van der Waals surface area contributed by atoms with Gasteiger partial charge in [-0.1, -0.05) is 24.3 Å². The largest absolute Gasteiger partial charge is 0.367 e. The molecule has 0 atom stereocenters. The van der Waals surface area contributed by atoms with Gasteiger partial charge in [0.1, 0.15) is 12.1 Å². The maximum absolute atomic E-state index is 15.2.